The first kappa shape index (κ1) is 13.5. The van der Waals surface area contributed by atoms with Gasteiger partial charge in [0.1, 0.15) is 4.99 Å². The maximum Gasteiger partial charge on any atom is 0.194 e. The molecule has 2 aliphatic carbocycles. The van der Waals surface area contributed by atoms with E-state index in [2.05, 4.69) is 44.4 Å². The maximum absolute atomic E-state index is 5.78. The summed E-state index contributed by atoms with van der Waals surface area (Å²) in [6.07, 6.45) is 4.25. The first-order chi connectivity index (χ1) is 8.93. The molecule has 3 fully saturated rings. The van der Waals surface area contributed by atoms with Crippen LogP contribution >= 0.6 is 12.2 Å². The predicted octanol–water partition coefficient (Wildman–Crippen LogP) is 3.35. The van der Waals surface area contributed by atoms with E-state index in [4.69, 9.17) is 12.2 Å². The molecule has 0 amide bonds. The van der Waals surface area contributed by atoms with E-state index in [1.807, 2.05) is 0 Å². The number of fused-ring (bicyclic) bond motifs is 5. The Morgan fingerprint density at radius 3 is 2.32 bits per heavy atom. The van der Waals surface area contributed by atoms with Crippen LogP contribution in [0, 0.1) is 29.6 Å². The molecule has 0 radical (unpaired) electrons. The summed E-state index contributed by atoms with van der Waals surface area (Å²) in [5.41, 5.74) is 1.57. The van der Waals surface area contributed by atoms with Gasteiger partial charge in [-0.1, -0.05) is 39.9 Å². The first-order valence-electron chi connectivity index (χ1n) is 7.87. The lowest BCUT2D eigenvalue weighted by molar-refractivity contribution is -0.685. The number of hydrazone groups is 1. The van der Waals surface area contributed by atoms with Gasteiger partial charge in [-0.25, -0.2) is 0 Å². The fourth-order valence-electron chi connectivity index (χ4n) is 5.02. The Kier molecular flexibility index (Phi) is 3.24. The summed E-state index contributed by atoms with van der Waals surface area (Å²) in [5, 5.41) is 2.31. The van der Waals surface area contributed by atoms with Gasteiger partial charge in [0.25, 0.3) is 0 Å². The third-order valence-corrected chi connectivity index (χ3v) is 6.07. The Bertz CT molecular complexity index is 428. The minimum atomic E-state index is 0.600. The molecule has 0 aromatic carbocycles. The van der Waals surface area contributed by atoms with Gasteiger partial charge in [0, 0.05) is 17.8 Å². The Morgan fingerprint density at radius 1 is 1.16 bits per heavy atom. The number of nitrogens with zero attached hydrogens (tertiary/aromatic N) is 2. The second-order valence-electron chi connectivity index (χ2n) is 7.29. The minimum Gasteiger partial charge on any atom is -0.149 e. The molecule has 3 aliphatic rings. The van der Waals surface area contributed by atoms with Gasteiger partial charge in [0.2, 0.25) is 0 Å². The van der Waals surface area contributed by atoms with Crippen LogP contribution < -0.4 is 0 Å². The molecule has 0 aromatic heterocycles. The zero-order valence-electron chi connectivity index (χ0n) is 12.9. The van der Waals surface area contributed by atoms with Crippen LogP contribution in [0.2, 0.25) is 0 Å². The van der Waals surface area contributed by atoms with E-state index in [1.165, 1.54) is 24.3 Å². The average Bonchev–Trinajstić information content (AvgIpc) is 2.97. The lowest BCUT2D eigenvalue weighted by Gasteiger charge is -2.22. The highest BCUT2D eigenvalue weighted by atomic mass is 32.1. The number of hydrazine groups is 1. The molecule has 0 N–H and O–H groups in total. The molecule has 2 saturated carbocycles. The molecule has 2 nitrogen and oxygen atoms in total. The highest BCUT2D eigenvalue weighted by Crippen LogP contribution is 2.53. The Hall–Kier alpha value is -0.440. The van der Waals surface area contributed by atoms with Crippen LogP contribution in [0.1, 0.15) is 47.0 Å². The SMILES string of the molecule is CC(C)C(C(C)C)=[N+]1[C@H]2C(C(=S)N1C)[C@@H]1CC[C@H]2C1. The summed E-state index contributed by atoms with van der Waals surface area (Å²) in [7, 11) is 2.19. The lowest BCUT2D eigenvalue weighted by atomic mass is 9.85. The predicted molar refractivity (Wildman–Crippen MR) is 83.4 cm³/mol. The van der Waals surface area contributed by atoms with Crippen molar-refractivity contribution in [2.24, 2.45) is 29.6 Å². The maximum atomic E-state index is 5.78. The highest BCUT2D eigenvalue weighted by molar-refractivity contribution is 7.80. The van der Waals surface area contributed by atoms with Crippen molar-refractivity contribution in [3.8, 4) is 0 Å². The van der Waals surface area contributed by atoms with Gasteiger partial charge in [-0.05, 0) is 25.2 Å². The molecule has 0 spiro atoms. The van der Waals surface area contributed by atoms with Gasteiger partial charge in [0.05, 0.1) is 13.0 Å². The van der Waals surface area contributed by atoms with Crippen LogP contribution in [0.25, 0.3) is 0 Å². The standard InChI is InChI=1S/C16H27N2S/c1-9(2)14(10(3)4)18-15-12-7-6-11(8-12)13(15)16(19)17(18)5/h9-13,15H,6-8H2,1-5H3/q+1/t11-,12+,13?,15-/m1/s1. The van der Waals surface area contributed by atoms with Crippen molar-refractivity contribution >= 4 is 22.9 Å². The Morgan fingerprint density at radius 2 is 1.74 bits per heavy atom. The smallest absolute Gasteiger partial charge is 0.149 e. The monoisotopic (exact) mass is 279 g/mol. The van der Waals surface area contributed by atoms with E-state index in [-0.39, 0.29) is 0 Å². The number of hydrogen-bond donors (Lipinski definition) is 0. The van der Waals surface area contributed by atoms with Gasteiger partial charge in [-0.3, -0.25) is 0 Å². The summed E-state index contributed by atoms with van der Waals surface area (Å²) in [6, 6.07) is 0.677. The molecule has 1 saturated heterocycles. The van der Waals surface area contributed by atoms with Crippen LogP contribution in [-0.2, 0) is 0 Å². The summed E-state index contributed by atoms with van der Waals surface area (Å²) in [6.45, 7) is 9.30. The van der Waals surface area contributed by atoms with Crippen LogP contribution in [0.3, 0.4) is 0 Å². The largest absolute Gasteiger partial charge is 0.194 e. The zero-order chi connectivity index (χ0) is 13.9. The fraction of sp³-hybridized carbons (Fsp3) is 0.875. The minimum absolute atomic E-state index is 0.600. The molecular formula is C16H27N2S+. The van der Waals surface area contributed by atoms with Crippen LogP contribution in [0.15, 0.2) is 0 Å². The number of thiocarbonyl (C=S) groups is 1. The van der Waals surface area contributed by atoms with Crippen molar-refractivity contribution < 1.29 is 4.68 Å². The summed E-state index contributed by atoms with van der Waals surface area (Å²) < 4.78 is 2.60. The van der Waals surface area contributed by atoms with Gasteiger partial charge in [0.15, 0.2) is 11.8 Å². The summed E-state index contributed by atoms with van der Waals surface area (Å²) in [4.78, 5) is 1.20. The molecule has 19 heavy (non-hydrogen) atoms. The van der Waals surface area contributed by atoms with Crippen molar-refractivity contribution in [2.75, 3.05) is 7.05 Å². The fourth-order valence-corrected chi connectivity index (χ4v) is 5.44. The molecule has 2 bridgehead atoms. The first-order valence-corrected chi connectivity index (χ1v) is 8.27. The molecule has 4 atom stereocenters. The molecule has 1 aliphatic heterocycles. The van der Waals surface area contributed by atoms with Crippen molar-refractivity contribution in [1.82, 2.24) is 5.01 Å². The molecular weight excluding hydrogens is 252 g/mol. The molecule has 0 aromatic rings. The summed E-state index contributed by atoms with van der Waals surface area (Å²) >= 11 is 5.78. The van der Waals surface area contributed by atoms with E-state index in [0.29, 0.717) is 23.8 Å². The molecule has 1 unspecified atom stereocenters. The summed E-state index contributed by atoms with van der Waals surface area (Å²) in [5.74, 6) is 3.61. The zero-order valence-corrected chi connectivity index (χ0v) is 13.7. The molecule has 3 rings (SSSR count). The molecule has 106 valence electrons. The third-order valence-electron chi connectivity index (χ3n) is 5.53. The van der Waals surface area contributed by atoms with Gasteiger partial charge < -0.3 is 0 Å². The Labute approximate surface area is 122 Å². The van der Waals surface area contributed by atoms with Crippen LogP contribution in [-0.4, -0.2) is 33.5 Å². The molecule has 1 heterocycles. The van der Waals surface area contributed by atoms with Crippen molar-refractivity contribution in [2.45, 2.75) is 53.0 Å². The Balaban J connectivity index is 2.10. The van der Waals surface area contributed by atoms with Gasteiger partial charge in [-0.15, -0.1) is 9.69 Å². The van der Waals surface area contributed by atoms with E-state index in [1.54, 1.807) is 5.71 Å². The van der Waals surface area contributed by atoms with Gasteiger partial charge >= 0.3 is 0 Å². The van der Waals surface area contributed by atoms with Crippen molar-refractivity contribution in [3.63, 3.8) is 0 Å². The lowest BCUT2D eigenvalue weighted by Crippen LogP contribution is -2.42. The van der Waals surface area contributed by atoms with Crippen LogP contribution in [0.5, 0.6) is 0 Å². The molecule has 3 heteroatoms. The second-order valence-corrected chi connectivity index (χ2v) is 7.71. The third kappa shape index (κ3) is 1.80. The highest BCUT2D eigenvalue weighted by Gasteiger charge is 2.62. The number of hydrogen-bond acceptors (Lipinski definition) is 1. The van der Waals surface area contributed by atoms with Crippen LogP contribution in [0.4, 0.5) is 0 Å². The van der Waals surface area contributed by atoms with Crippen molar-refractivity contribution in [3.05, 3.63) is 0 Å². The van der Waals surface area contributed by atoms with E-state index in [9.17, 15) is 0 Å². The number of rotatable bonds is 2. The normalized spacial score (nSPS) is 36.9. The van der Waals surface area contributed by atoms with Gasteiger partial charge in [-0.2, -0.15) is 0 Å². The average molecular weight is 279 g/mol. The topological polar surface area (TPSA) is 6.25 Å². The quantitative estimate of drug-likeness (QED) is 0.565. The van der Waals surface area contributed by atoms with E-state index in [0.717, 1.165) is 11.8 Å². The second kappa shape index (κ2) is 4.54. The van der Waals surface area contributed by atoms with Crippen molar-refractivity contribution in [1.29, 1.82) is 0 Å². The van der Waals surface area contributed by atoms with E-state index < -0.39 is 0 Å². The van der Waals surface area contributed by atoms with E-state index >= 15 is 0 Å².